The minimum Gasteiger partial charge on any atom is -0.388 e. The van der Waals surface area contributed by atoms with Crippen molar-refractivity contribution in [1.29, 1.82) is 0 Å². The molecule has 1 amide bonds. The second-order valence-corrected chi connectivity index (χ2v) is 5.50. The molecule has 0 atom stereocenters. The predicted molar refractivity (Wildman–Crippen MR) is 84.0 cm³/mol. The molecule has 1 rings (SSSR count). The Labute approximate surface area is 122 Å². The molecule has 0 unspecified atom stereocenters. The summed E-state index contributed by atoms with van der Waals surface area (Å²) in [4.78, 5) is 19.0. The van der Waals surface area contributed by atoms with Crippen molar-refractivity contribution in [3.05, 3.63) is 24.0 Å². The Morgan fingerprint density at radius 1 is 1.35 bits per heavy atom. The lowest BCUT2D eigenvalue weighted by Gasteiger charge is -2.32. The van der Waals surface area contributed by atoms with E-state index in [-0.39, 0.29) is 11.9 Å². The summed E-state index contributed by atoms with van der Waals surface area (Å²) in [5, 5.41) is 3.05. The molecular formula is C16H27N3O. The van der Waals surface area contributed by atoms with E-state index in [1.807, 2.05) is 24.1 Å². The highest BCUT2D eigenvalue weighted by atomic mass is 16.2. The summed E-state index contributed by atoms with van der Waals surface area (Å²) in [5.41, 5.74) is 1.43. The number of nitrogens with zero attached hydrogens (tertiary/aromatic N) is 2. The van der Waals surface area contributed by atoms with Crippen molar-refractivity contribution in [2.75, 3.05) is 18.9 Å². The van der Waals surface area contributed by atoms with E-state index in [4.69, 9.17) is 0 Å². The van der Waals surface area contributed by atoms with Gasteiger partial charge >= 0.3 is 0 Å². The van der Waals surface area contributed by atoms with E-state index in [9.17, 15) is 4.79 Å². The zero-order valence-corrected chi connectivity index (χ0v) is 13.3. The first kappa shape index (κ1) is 16.5. The molecule has 0 spiro atoms. The summed E-state index contributed by atoms with van der Waals surface area (Å²) in [6.07, 6.45) is 3.63. The Kier molecular flexibility index (Phi) is 6.49. The molecule has 0 saturated carbocycles. The molecule has 0 saturated heterocycles. The fraction of sp³-hybridized carbons (Fsp3) is 0.625. The summed E-state index contributed by atoms with van der Waals surface area (Å²) in [5.74, 6) is 0.483. The molecule has 0 aliphatic carbocycles. The van der Waals surface area contributed by atoms with Crippen LogP contribution in [-0.2, 0) is 0 Å². The molecule has 20 heavy (non-hydrogen) atoms. The van der Waals surface area contributed by atoms with Crippen LogP contribution in [0.2, 0.25) is 0 Å². The van der Waals surface area contributed by atoms with Gasteiger partial charge in [0.2, 0.25) is 0 Å². The number of nitrogens with one attached hydrogen (secondary N) is 1. The number of hydrogen-bond acceptors (Lipinski definition) is 3. The van der Waals surface area contributed by atoms with Gasteiger partial charge in [-0.25, -0.2) is 0 Å². The lowest BCUT2D eigenvalue weighted by atomic mass is 10.1. The molecule has 4 heteroatoms. The zero-order valence-electron chi connectivity index (χ0n) is 13.3. The number of hydrogen-bond donors (Lipinski definition) is 1. The Bertz CT molecular complexity index is 427. The van der Waals surface area contributed by atoms with E-state index in [1.165, 1.54) is 0 Å². The summed E-state index contributed by atoms with van der Waals surface area (Å²) >= 11 is 0. The molecule has 1 heterocycles. The normalized spacial score (nSPS) is 10.9. The topological polar surface area (TPSA) is 45.2 Å². The molecule has 4 nitrogen and oxygen atoms in total. The van der Waals surface area contributed by atoms with Gasteiger partial charge in [0.25, 0.3) is 5.91 Å². The van der Waals surface area contributed by atoms with Crippen LogP contribution in [0.5, 0.6) is 0 Å². The average Bonchev–Trinajstić information content (AvgIpc) is 2.46. The minimum absolute atomic E-state index is 0.0319. The third-order valence-electron chi connectivity index (χ3n) is 3.47. The SMILES string of the molecule is CCC(CC)N(CC(C)C)C(=O)c1cc(NC)ccn1. The van der Waals surface area contributed by atoms with Gasteiger partial charge in [0.15, 0.2) is 0 Å². The van der Waals surface area contributed by atoms with Gasteiger partial charge in [0.05, 0.1) is 0 Å². The molecule has 1 aromatic heterocycles. The van der Waals surface area contributed by atoms with E-state index in [2.05, 4.69) is 38.0 Å². The number of amides is 1. The summed E-state index contributed by atoms with van der Waals surface area (Å²) in [7, 11) is 1.84. The van der Waals surface area contributed by atoms with Gasteiger partial charge in [-0.15, -0.1) is 0 Å². The number of aromatic nitrogens is 1. The molecule has 0 radical (unpaired) electrons. The third kappa shape index (κ3) is 4.22. The third-order valence-corrected chi connectivity index (χ3v) is 3.47. The standard InChI is InChI=1S/C16H27N3O/c1-6-14(7-2)19(11-12(3)4)16(20)15-10-13(17-5)8-9-18-15/h8-10,12,14H,6-7,11H2,1-5H3,(H,17,18). The highest BCUT2D eigenvalue weighted by molar-refractivity contribution is 5.93. The summed E-state index contributed by atoms with van der Waals surface area (Å²) < 4.78 is 0. The molecule has 112 valence electrons. The van der Waals surface area contributed by atoms with Gasteiger partial charge in [0, 0.05) is 31.5 Å². The maximum absolute atomic E-state index is 12.7. The van der Waals surface area contributed by atoms with Gasteiger partial charge in [0.1, 0.15) is 5.69 Å². The van der Waals surface area contributed by atoms with E-state index in [0.717, 1.165) is 25.1 Å². The summed E-state index contributed by atoms with van der Waals surface area (Å²) in [6, 6.07) is 3.96. The second-order valence-electron chi connectivity index (χ2n) is 5.50. The maximum Gasteiger partial charge on any atom is 0.272 e. The van der Waals surface area contributed by atoms with Gasteiger partial charge < -0.3 is 10.2 Å². The van der Waals surface area contributed by atoms with E-state index < -0.39 is 0 Å². The molecule has 0 aliphatic heterocycles. The van der Waals surface area contributed by atoms with Crippen LogP contribution < -0.4 is 5.32 Å². The fourth-order valence-corrected chi connectivity index (χ4v) is 2.37. The number of anilines is 1. The van der Waals surface area contributed by atoms with E-state index in [0.29, 0.717) is 11.6 Å². The smallest absolute Gasteiger partial charge is 0.272 e. The van der Waals surface area contributed by atoms with Gasteiger partial charge in [-0.3, -0.25) is 9.78 Å². The Morgan fingerprint density at radius 3 is 2.50 bits per heavy atom. The van der Waals surface area contributed by atoms with Crippen molar-refractivity contribution in [2.45, 2.75) is 46.6 Å². The fourth-order valence-electron chi connectivity index (χ4n) is 2.37. The van der Waals surface area contributed by atoms with Crippen LogP contribution in [-0.4, -0.2) is 35.4 Å². The predicted octanol–water partition coefficient (Wildman–Crippen LogP) is 3.41. The Hall–Kier alpha value is -1.58. The van der Waals surface area contributed by atoms with E-state index in [1.54, 1.807) is 6.20 Å². The monoisotopic (exact) mass is 277 g/mol. The molecule has 1 N–H and O–H groups in total. The van der Waals surface area contributed by atoms with Crippen LogP contribution in [0.25, 0.3) is 0 Å². The first-order valence-corrected chi connectivity index (χ1v) is 7.48. The number of carbonyl (C=O) groups is 1. The van der Waals surface area contributed by atoms with Crippen LogP contribution in [0.4, 0.5) is 5.69 Å². The molecule has 1 aromatic rings. The molecule has 0 bridgehead atoms. The lowest BCUT2D eigenvalue weighted by molar-refractivity contribution is 0.0634. The van der Waals surface area contributed by atoms with Crippen molar-refractivity contribution < 1.29 is 4.79 Å². The van der Waals surface area contributed by atoms with Crippen LogP contribution in [0.15, 0.2) is 18.3 Å². The highest BCUT2D eigenvalue weighted by Crippen LogP contribution is 2.16. The van der Waals surface area contributed by atoms with Crippen LogP contribution >= 0.6 is 0 Å². The maximum atomic E-state index is 12.7. The van der Waals surface area contributed by atoms with E-state index >= 15 is 0 Å². The van der Waals surface area contributed by atoms with Gasteiger partial charge in [-0.1, -0.05) is 27.7 Å². The number of rotatable bonds is 7. The van der Waals surface area contributed by atoms with Crippen molar-refractivity contribution >= 4 is 11.6 Å². The first-order valence-electron chi connectivity index (χ1n) is 7.48. The highest BCUT2D eigenvalue weighted by Gasteiger charge is 2.24. The number of pyridine rings is 1. The zero-order chi connectivity index (χ0) is 15.1. The minimum atomic E-state index is 0.0319. The number of carbonyl (C=O) groups excluding carboxylic acids is 1. The summed E-state index contributed by atoms with van der Waals surface area (Å²) in [6.45, 7) is 9.31. The van der Waals surface area contributed by atoms with Gasteiger partial charge in [-0.2, -0.15) is 0 Å². The molecular weight excluding hydrogens is 250 g/mol. The van der Waals surface area contributed by atoms with Crippen molar-refractivity contribution in [3.8, 4) is 0 Å². The lowest BCUT2D eigenvalue weighted by Crippen LogP contribution is -2.42. The average molecular weight is 277 g/mol. The quantitative estimate of drug-likeness (QED) is 0.830. The molecule has 0 fully saturated rings. The Balaban J connectivity index is 3.02. The van der Waals surface area contributed by atoms with Crippen LogP contribution in [0.1, 0.15) is 51.0 Å². The largest absolute Gasteiger partial charge is 0.388 e. The molecule has 0 aromatic carbocycles. The van der Waals surface area contributed by atoms with Gasteiger partial charge in [-0.05, 0) is 30.9 Å². The Morgan fingerprint density at radius 2 is 2.00 bits per heavy atom. The first-order chi connectivity index (χ1) is 9.53. The van der Waals surface area contributed by atoms with Crippen molar-refractivity contribution in [3.63, 3.8) is 0 Å². The van der Waals surface area contributed by atoms with Crippen molar-refractivity contribution in [2.24, 2.45) is 5.92 Å². The second kappa shape index (κ2) is 7.88. The van der Waals surface area contributed by atoms with Crippen molar-refractivity contribution in [1.82, 2.24) is 9.88 Å². The van der Waals surface area contributed by atoms with Crippen LogP contribution in [0, 0.1) is 5.92 Å². The molecule has 0 aliphatic rings. The van der Waals surface area contributed by atoms with Crippen LogP contribution in [0.3, 0.4) is 0 Å².